The van der Waals surface area contributed by atoms with E-state index in [4.69, 9.17) is 0 Å². The number of nitrogens with one attached hydrogen (secondary N) is 1. The van der Waals surface area contributed by atoms with Gasteiger partial charge in [0, 0.05) is 25.3 Å². The topological polar surface area (TPSA) is 29.1 Å². The molecule has 0 aromatic heterocycles. The van der Waals surface area contributed by atoms with Gasteiger partial charge < -0.3 is 5.32 Å². The van der Waals surface area contributed by atoms with Crippen LogP contribution in [0.5, 0.6) is 0 Å². The summed E-state index contributed by atoms with van der Waals surface area (Å²) >= 11 is 0. The van der Waals surface area contributed by atoms with Crippen molar-refractivity contribution in [1.29, 1.82) is 0 Å². The second kappa shape index (κ2) is 6.39. The van der Waals surface area contributed by atoms with Crippen LogP contribution in [0, 0.1) is 11.8 Å². The molecule has 0 amide bonds. The van der Waals surface area contributed by atoms with Gasteiger partial charge in [-0.2, -0.15) is 0 Å². The van der Waals surface area contributed by atoms with Gasteiger partial charge >= 0.3 is 0 Å². The molecule has 16 heavy (non-hydrogen) atoms. The van der Waals surface area contributed by atoms with Gasteiger partial charge in [0.1, 0.15) is 5.78 Å². The van der Waals surface area contributed by atoms with E-state index in [-0.39, 0.29) is 7.34 Å². The maximum absolute atomic E-state index is 11.9. The van der Waals surface area contributed by atoms with Crippen LogP contribution in [0.4, 0.5) is 0 Å². The lowest BCUT2D eigenvalue weighted by atomic mass is 9.80. The van der Waals surface area contributed by atoms with Crippen LogP contribution in [-0.4, -0.2) is 17.9 Å². The standard InChI is InChI=1S/C14H27NO.H2/c1-5-11(4)15-13-8-6-12(7-9-13)14(16)10(2)3;/h10-13,15H,5-9H2,1-4H3;1H. The zero-order valence-electron chi connectivity index (χ0n) is 11.3. The molecule has 0 aliphatic heterocycles. The molecule has 0 bridgehead atoms. The van der Waals surface area contributed by atoms with Crippen LogP contribution in [0.3, 0.4) is 0 Å². The highest BCUT2D eigenvalue weighted by atomic mass is 16.1. The predicted molar refractivity (Wildman–Crippen MR) is 70.6 cm³/mol. The minimum Gasteiger partial charge on any atom is -0.312 e. The fourth-order valence-corrected chi connectivity index (χ4v) is 2.54. The Hall–Kier alpha value is -0.370. The van der Waals surface area contributed by atoms with Crippen LogP contribution in [0.2, 0.25) is 0 Å². The minimum absolute atomic E-state index is 0. The largest absolute Gasteiger partial charge is 0.312 e. The number of hydrogen-bond donors (Lipinski definition) is 1. The second-order valence-corrected chi connectivity index (χ2v) is 5.58. The summed E-state index contributed by atoms with van der Waals surface area (Å²) in [6.45, 7) is 8.49. The Morgan fingerprint density at radius 3 is 2.25 bits per heavy atom. The lowest BCUT2D eigenvalue weighted by Crippen LogP contribution is -2.40. The molecule has 2 heteroatoms. The van der Waals surface area contributed by atoms with E-state index in [1.165, 1.54) is 19.3 Å². The van der Waals surface area contributed by atoms with Crippen molar-refractivity contribution in [2.24, 2.45) is 11.8 Å². The van der Waals surface area contributed by atoms with Crippen molar-refractivity contribution in [3.8, 4) is 0 Å². The maximum atomic E-state index is 11.9. The molecule has 0 heterocycles. The average molecular weight is 227 g/mol. The summed E-state index contributed by atoms with van der Waals surface area (Å²) in [5.74, 6) is 1.03. The lowest BCUT2D eigenvalue weighted by Gasteiger charge is -2.31. The fourth-order valence-electron chi connectivity index (χ4n) is 2.54. The van der Waals surface area contributed by atoms with E-state index in [9.17, 15) is 4.79 Å². The van der Waals surface area contributed by atoms with E-state index in [1.807, 2.05) is 13.8 Å². The van der Waals surface area contributed by atoms with Gasteiger partial charge in [0.2, 0.25) is 0 Å². The molecule has 2 nitrogen and oxygen atoms in total. The number of carbonyl (C=O) groups is 1. The summed E-state index contributed by atoms with van der Waals surface area (Å²) in [6, 6.07) is 1.26. The summed E-state index contributed by atoms with van der Waals surface area (Å²) in [6.07, 6.45) is 5.71. The molecular formula is C14H29NO. The van der Waals surface area contributed by atoms with Crippen molar-refractivity contribution in [1.82, 2.24) is 5.32 Å². The van der Waals surface area contributed by atoms with Crippen molar-refractivity contribution in [2.75, 3.05) is 0 Å². The second-order valence-electron chi connectivity index (χ2n) is 5.58. The quantitative estimate of drug-likeness (QED) is 0.780. The van der Waals surface area contributed by atoms with E-state index in [1.54, 1.807) is 0 Å². The maximum Gasteiger partial charge on any atom is 0.138 e. The molecule has 0 spiro atoms. The van der Waals surface area contributed by atoms with E-state index >= 15 is 0 Å². The van der Waals surface area contributed by atoms with Gasteiger partial charge in [-0.15, -0.1) is 0 Å². The SMILES string of the molecule is CCC(C)NC1CCC(C(=O)C(C)C)CC1.[HH]. The summed E-state index contributed by atoms with van der Waals surface area (Å²) in [4.78, 5) is 11.9. The molecule has 1 fully saturated rings. The third-order valence-corrected chi connectivity index (χ3v) is 3.83. The highest BCUT2D eigenvalue weighted by Crippen LogP contribution is 2.27. The lowest BCUT2D eigenvalue weighted by molar-refractivity contribution is -0.126. The minimum atomic E-state index is 0. The van der Waals surface area contributed by atoms with Crippen LogP contribution in [-0.2, 0) is 4.79 Å². The Labute approximate surface area is 102 Å². The van der Waals surface area contributed by atoms with Crippen LogP contribution in [0.25, 0.3) is 0 Å². The van der Waals surface area contributed by atoms with E-state index < -0.39 is 0 Å². The Kier molecular flexibility index (Phi) is 5.47. The summed E-state index contributed by atoms with van der Waals surface area (Å²) in [5.41, 5.74) is 0. The summed E-state index contributed by atoms with van der Waals surface area (Å²) < 4.78 is 0. The van der Waals surface area contributed by atoms with E-state index in [0.29, 0.717) is 23.8 Å². The number of carbonyl (C=O) groups excluding carboxylic acids is 1. The fraction of sp³-hybridized carbons (Fsp3) is 0.929. The van der Waals surface area contributed by atoms with Crippen molar-refractivity contribution in [2.45, 2.75) is 71.9 Å². The first-order valence-corrected chi connectivity index (χ1v) is 6.84. The van der Waals surface area contributed by atoms with Crippen LogP contribution < -0.4 is 5.32 Å². The van der Waals surface area contributed by atoms with Gasteiger partial charge in [-0.25, -0.2) is 0 Å². The molecule has 1 unspecified atom stereocenters. The van der Waals surface area contributed by atoms with Gasteiger partial charge in [0.15, 0.2) is 0 Å². The Bertz CT molecular complexity index is 222. The van der Waals surface area contributed by atoms with Gasteiger partial charge in [-0.3, -0.25) is 4.79 Å². The number of hydrogen-bond acceptors (Lipinski definition) is 2. The van der Waals surface area contributed by atoms with Gasteiger partial charge in [0.25, 0.3) is 0 Å². The first kappa shape index (κ1) is 13.7. The average Bonchev–Trinajstić information content (AvgIpc) is 2.28. The Morgan fingerprint density at radius 2 is 1.81 bits per heavy atom. The van der Waals surface area contributed by atoms with Crippen LogP contribution in [0.15, 0.2) is 0 Å². The molecule has 1 N–H and O–H groups in total. The van der Waals surface area contributed by atoms with Crippen molar-refractivity contribution in [3.05, 3.63) is 0 Å². The first-order valence-electron chi connectivity index (χ1n) is 6.84. The molecule has 0 aromatic rings. The molecule has 1 atom stereocenters. The molecule has 1 rings (SSSR count). The molecular weight excluding hydrogens is 198 g/mol. The molecule has 0 radical (unpaired) electrons. The third kappa shape index (κ3) is 3.89. The monoisotopic (exact) mass is 227 g/mol. The van der Waals surface area contributed by atoms with Gasteiger partial charge in [0.05, 0.1) is 0 Å². The Balaban J connectivity index is 0.00000256. The van der Waals surface area contributed by atoms with E-state index in [2.05, 4.69) is 19.2 Å². The molecule has 1 saturated carbocycles. The molecule has 0 aromatic carbocycles. The van der Waals surface area contributed by atoms with Crippen molar-refractivity contribution < 1.29 is 6.22 Å². The van der Waals surface area contributed by atoms with Crippen molar-refractivity contribution in [3.63, 3.8) is 0 Å². The first-order chi connectivity index (χ1) is 7.54. The molecule has 1 aliphatic carbocycles. The number of Topliss-reactive ketones (excluding diaryl/α,β-unsaturated/α-hetero) is 1. The van der Waals surface area contributed by atoms with Crippen LogP contribution in [0.1, 0.15) is 61.2 Å². The number of rotatable bonds is 5. The zero-order valence-corrected chi connectivity index (χ0v) is 11.3. The summed E-state index contributed by atoms with van der Waals surface area (Å²) in [7, 11) is 0. The molecule has 1 aliphatic rings. The molecule has 0 saturated heterocycles. The zero-order chi connectivity index (χ0) is 12.1. The van der Waals surface area contributed by atoms with Crippen LogP contribution >= 0.6 is 0 Å². The molecule has 96 valence electrons. The highest BCUT2D eigenvalue weighted by molar-refractivity contribution is 5.82. The Morgan fingerprint density at radius 1 is 1.25 bits per heavy atom. The number of ketones is 1. The smallest absolute Gasteiger partial charge is 0.138 e. The van der Waals surface area contributed by atoms with Crippen molar-refractivity contribution >= 4 is 5.78 Å². The third-order valence-electron chi connectivity index (χ3n) is 3.83. The van der Waals surface area contributed by atoms with E-state index in [0.717, 1.165) is 12.8 Å². The normalized spacial score (nSPS) is 28.1. The van der Waals surface area contributed by atoms with Gasteiger partial charge in [-0.05, 0) is 39.0 Å². The highest BCUT2D eigenvalue weighted by Gasteiger charge is 2.27. The predicted octanol–water partition coefficient (Wildman–Crippen LogP) is 3.40. The summed E-state index contributed by atoms with van der Waals surface area (Å²) in [5, 5.41) is 3.65. The van der Waals surface area contributed by atoms with Gasteiger partial charge in [-0.1, -0.05) is 20.8 Å².